The van der Waals surface area contributed by atoms with Gasteiger partial charge >= 0.3 is 0 Å². The molecule has 1 aliphatic heterocycles. The number of hydrogen-bond donors (Lipinski definition) is 1. The molecule has 0 bridgehead atoms. The largest absolute Gasteiger partial charge is 0.337 e. The number of piperidine rings is 1. The lowest BCUT2D eigenvalue weighted by Crippen LogP contribution is -2.49. The number of likely N-dealkylation sites (tertiary alicyclic amines) is 1. The van der Waals surface area contributed by atoms with E-state index in [-0.39, 0.29) is 16.8 Å². The molecule has 126 valence electrons. The summed E-state index contributed by atoms with van der Waals surface area (Å²) in [6.45, 7) is 1.04. The van der Waals surface area contributed by atoms with E-state index in [2.05, 4.69) is 4.72 Å². The predicted octanol–water partition coefficient (Wildman–Crippen LogP) is 2.27. The average Bonchev–Trinajstić information content (AvgIpc) is 2.62. The fourth-order valence-corrected chi connectivity index (χ4v) is 4.19. The molecular formula is C18H20N2O3S. The van der Waals surface area contributed by atoms with Crippen molar-refractivity contribution in [3.63, 3.8) is 0 Å². The van der Waals surface area contributed by atoms with Crippen molar-refractivity contribution in [3.05, 3.63) is 66.2 Å². The summed E-state index contributed by atoms with van der Waals surface area (Å²) in [4.78, 5) is 14.5. The van der Waals surface area contributed by atoms with Crippen LogP contribution in [0.3, 0.4) is 0 Å². The quantitative estimate of drug-likeness (QED) is 0.925. The summed E-state index contributed by atoms with van der Waals surface area (Å²) in [6.07, 6.45) is 1.51. The highest BCUT2D eigenvalue weighted by molar-refractivity contribution is 7.89. The second-order valence-electron chi connectivity index (χ2n) is 5.89. The molecule has 3 rings (SSSR count). The predicted molar refractivity (Wildman–Crippen MR) is 92.1 cm³/mol. The van der Waals surface area contributed by atoms with Gasteiger partial charge in [0.25, 0.3) is 5.91 Å². The van der Waals surface area contributed by atoms with Crippen molar-refractivity contribution in [2.45, 2.75) is 23.8 Å². The Kier molecular flexibility index (Phi) is 4.97. The van der Waals surface area contributed by atoms with Gasteiger partial charge in [0.05, 0.1) is 4.90 Å². The lowest BCUT2D eigenvalue weighted by atomic mass is 10.1. The van der Waals surface area contributed by atoms with E-state index in [1.807, 2.05) is 18.2 Å². The molecule has 0 aliphatic carbocycles. The Morgan fingerprint density at radius 1 is 1.00 bits per heavy atom. The summed E-state index contributed by atoms with van der Waals surface area (Å²) < 4.78 is 27.6. The van der Waals surface area contributed by atoms with Crippen molar-refractivity contribution < 1.29 is 13.2 Å². The van der Waals surface area contributed by atoms with Crippen LogP contribution in [0.15, 0.2) is 65.6 Å². The number of rotatable bonds is 4. The maximum absolute atomic E-state index is 12.5. The van der Waals surface area contributed by atoms with Gasteiger partial charge in [-0.15, -0.1) is 0 Å². The number of carbonyl (C=O) groups excluding carboxylic acids is 1. The fraction of sp³-hybridized carbons (Fsp3) is 0.278. The first-order valence-electron chi connectivity index (χ1n) is 7.98. The third-order valence-corrected chi connectivity index (χ3v) is 5.64. The minimum absolute atomic E-state index is 0.0563. The molecule has 5 nitrogen and oxygen atoms in total. The second kappa shape index (κ2) is 7.15. The van der Waals surface area contributed by atoms with E-state index < -0.39 is 10.0 Å². The number of nitrogens with zero attached hydrogens (tertiary/aromatic N) is 1. The topological polar surface area (TPSA) is 66.5 Å². The van der Waals surface area contributed by atoms with E-state index in [1.165, 1.54) is 0 Å². The van der Waals surface area contributed by atoms with Crippen LogP contribution in [0, 0.1) is 0 Å². The SMILES string of the molecule is O=C(c1ccccc1)N1CCC[C@H](NS(=O)(=O)c2ccccc2)C1. The van der Waals surface area contributed by atoms with Crippen LogP contribution in [-0.4, -0.2) is 38.4 Å². The third kappa shape index (κ3) is 3.83. The molecule has 6 heteroatoms. The summed E-state index contributed by atoms with van der Waals surface area (Å²) in [6, 6.07) is 17.1. The highest BCUT2D eigenvalue weighted by Gasteiger charge is 2.27. The van der Waals surface area contributed by atoms with Gasteiger partial charge in [-0.1, -0.05) is 36.4 Å². The minimum atomic E-state index is -3.56. The Morgan fingerprint density at radius 2 is 1.62 bits per heavy atom. The summed E-state index contributed by atoms with van der Waals surface area (Å²) in [5, 5.41) is 0. The van der Waals surface area contributed by atoms with Gasteiger partial charge in [-0.3, -0.25) is 4.79 Å². The highest BCUT2D eigenvalue weighted by Crippen LogP contribution is 2.16. The van der Waals surface area contributed by atoms with Gasteiger partial charge in [-0.05, 0) is 37.1 Å². The number of nitrogens with one attached hydrogen (secondary N) is 1. The van der Waals surface area contributed by atoms with Crippen LogP contribution in [0.2, 0.25) is 0 Å². The molecule has 1 N–H and O–H groups in total. The first-order chi connectivity index (χ1) is 11.6. The lowest BCUT2D eigenvalue weighted by molar-refractivity contribution is 0.0703. The Hall–Kier alpha value is -2.18. The molecule has 0 radical (unpaired) electrons. The molecule has 1 saturated heterocycles. The first kappa shape index (κ1) is 16.7. The van der Waals surface area contributed by atoms with E-state index in [0.29, 0.717) is 18.7 Å². The molecule has 2 aromatic carbocycles. The Morgan fingerprint density at radius 3 is 2.29 bits per heavy atom. The molecule has 1 fully saturated rings. The van der Waals surface area contributed by atoms with Crippen LogP contribution in [0.25, 0.3) is 0 Å². The van der Waals surface area contributed by atoms with Crippen molar-refractivity contribution in [1.29, 1.82) is 0 Å². The number of amides is 1. The molecule has 24 heavy (non-hydrogen) atoms. The van der Waals surface area contributed by atoms with Crippen LogP contribution in [0.5, 0.6) is 0 Å². The Bertz CT molecular complexity index is 792. The van der Waals surface area contributed by atoms with Gasteiger partial charge in [0, 0.05) is 24.7 Å². The van der Waals surface area contributed by atoms with Gasteiger partial charge in [0.1, 0.15) is 0 Å². The molecular weight excluding hydrogens is 324 g/mol. The van der Waals surface area contributed by atoms with E-state index in [9.17, 15) is 13.2 Å². The van der Waals surface area contributed by atoms with Crippen LogP contribution >= 0.6 is 0 Å². The zero-order valence-electron chi connectivity index (χ0n) is 13.3. The lowest BCUT2D eigenvalue weighted by Gasteiger charge is -2.33. The van der Waals surface area contributed by atoms with Crippen molar-refractivity contribution >= 4 is 15.9 Å². The number of carbonyl (C=O) groups is 1. The van der Waals surface area contributed by atoms with Gasteiger partial charge in [-0.25, -0.2) is 13.1 Å². The smallest absolute Gasteiger partial charge is 0.253 e. The van der Waals surface area contributed by atoms with Crippen LogP contribution in [0.1, 0.15) is 23.2 Å². The van der Waals surface area contributed by atoms with Crippen molar-refractivity contribution in [1.82, 2.24) is 9.62 Å². The molecule has 0 unspecified atom stereocenters. The summed E-state index contributed by atoms with van der Waals surface area (Å²) >= 11 is 0. The first-order valence-corrected chi connectivity index (χ1v) is 9.46. The van der Waals surface area contributed by atoms with Gasteiger partial charge in [-0.2, -0.15) is 0 Å². The maximum Gasteiger partial charge on any atom is 0.253 e. The molecule has 1 amide bonds. The monoisotopic (exact) mass is 344 g/mol. The average molecular weight is 344 g/mol. The molecule has 1 heterocycles. The summed E-state index contributed by atoms with van der Waals surface area (Å²) in [5.41, 5.74) is 0.629. The third-order valence-electron chi connectivity index (χ3n) is 4.10. The molecule has 2 aromatic rings. The molecule has 0 saturated carbocycles. The van der Waals surface area contributed by atoms with E-state index >= 15 is 0 Å². The van der Waals surface area contributed by atoms with E-state index in [0.717, 1.165) is 12.8 Å². The second-order valence-corrected chi connectivity index (χ2v) is 7.60. The summed E-state index contributed by atoms with van der Waals surface area (Å²) in [5.74, 6) is -0.0563. The zero-order chi connectivity index (χ0) is 17.0. The van der Waals surface area contributed by atoms with Gasteiger partial charge in [0.15, 0.2) is 0 Å². The van der Waals surface area contributed by atoms with Gasteiger partial charge in [0.2, 0.25) is 10.0 Å². The van der Waals surface area contributed by atoms with Crippen LogP contribution < -0.4 is 4.72 Å². The van der Waals surface area contributed by atoms with Crippen molar-refractivity contribution in [3.8, 4) is 0 Å². The van der Waals surface area contributed by atoms with Gasteiger partial charge < -0.3 is 4.90 Å². The molecule has 1 atom stereocenters. The Balaban J connectivity index is 1.69. The van der Waals surface area contributed by atoms with Crippen molar-refractivity contribution in [2.24, 2.45) is 0 Å². The maximum atomic E-state index is 12.5. The molecule has 1 aliphatic rings. The highest BCUT2D eigenvalue weighted by atomic mass is 32.2. The van der Waals surface area contributed by atoms with E-state index in [4.69, 9.17) is 0 Å². The van der Waals surface area contributed by atoms with Crippen LogP contribution in [-0.2, 0) is 10.0 Å². The molecule has 0 aromatic heterocycles. The normalized spacial score (nSPS) is 18.3. The number of hydrogen-bond acceptors (Lipinski definition) is 3. The van der Waals surface area contributed by atoms with E-state index in [1.54, 1.807) is 47.4 Å². The number of benzene rings is 2. The fourth-order valence-electron chi connectivity index (χ4n) is 2.91. The standard InChI is InChI=1S/C18H20N2O3S/c21-18(15-8-3-1-4-9-15)20-13-7-10-16(14-20)19-24(22,23)17-11-5-2-6-12-17/h1-6,8-9,11-12,16,19H,7,10,13-14H2/t16-/m0/s1. The van der Waals surface area contributed by atoms with Crippen molar-refractivity contribution in [2.75, 3.05) is 13.1 Å². The Labute approximate surface area is 142 Å². The molecule has 0 spiro atoms. The zero-order valence-corrected chi connectivity index (χ0v) is 14.1. The summed E-state index contributed by atoms with van der Waals surface area (Å²) in [7, 11) is -3.56. The number of sulfonamides is 1. The van der Waals surface area contributed by atoms with Crippen LogP contribution in [0.4, 0.5) is 0 Å². The minimum Gasteiger partial charge on any atom is -0.337 e.